The summed E-state index contributed by atoms with van der Waals surface area (Å²) in [6.07, 6.45) is -1.50. The van der Waals surface area contributed by atoms with E-state index >= 15 is 0 Å². The predicted molar refractivity (Wildman–Crippen MR) is 49.2 cm³/mol. The Hall–Kier alpha value is -0.260. The van der Waals surface area contributed by atoms with E-state index in [1.807, 2.05) is 5.32 Å². The van der Waals surface area contributed by atoms with Crippen molar-refractivity contribution in [1.29, 1.82) is 0 Å². The number of rotatable bonds is 1. The van der Waals surface area contributed by atoms with Crippen LogP contribution in [0.3, 0.4) is 0 Å². The van der Waals surface area contributed by atoms with Crippen molar-refractivity contribution in [3.8, 4) is 0 Å². The van der Waals surface area contributed by atoms with E-state index in [2.05, 4.69) is 15.9 Å². The van der Waals surface area contributed by atoms with E-state index < -0.39 is 18.1 Å². The average Bonchev–Trinajstić information content (AvgIpc) is 2.07. The van der Waals surface area contributed by atoms with Crippen molar-refractivity contribution in [3.05, 3.63) is 0 Å². The molecule has 0 spiro atoms. The van der Waals surface area contributed by atoms with Crippen molar-refractivity contribution in [1.82, 2.24) is 5.32 Å². The van der Waals surface area contributed by atoms with E-state index in [1.165, 1.54) is 0 Å². The largest absolute Gasteiger partial charge is 0.471 e. The van der Waals surface area contributed by atoms with Crippen LogP contribution in [0.25, 0.3) is 0 Å². The quantitative estimate of drug-likeness (QED) is 0.731. The van der Waals surface area contributed by atoms with Crippen LogP contribution in [0.1, 0.15) is 25.7 Å². The molecule has 0 bridgehead atoms. The van der Waals surface area contributed by atoms with Gasteiger partial charge in [0.05, 0.1) is 0 Å². The van der Waals surface area contributed by atoms with Gasteiger partial charge in [0, 0.05) is 10.9 Å². The van der Waals surface area contributed by atoms with Gasteiger partial charge < -0.3 is 5.32 Å². The number of halogens is 4. The summed E-state index contributed by atoms with van der Waals surface area (Å²) >= 11 is 3.27. The highest BCUT2D eigenvalue weighted by Gasteiger charge is 2.40. The fourth-order valence-corrected chi connectivity index (χ4v) is 2.22. The van der Waals surface area contributed by atoms with Gasteiger partial charge in [-0.05, 0) is 12.8 Å². The predicted octanol–water partition coefficient (Wildman–Crippen LogP) is 2.37. The Balaban J connectivity index is 2.46. The SMILES string of the molecule is O=C(NC1CCCCC1Br)C(F)(F)F. The van der Waals surface area contributed by atoms with E-state index in [1.54, 1.807) is 0 Å². The monoisotopic (exact) mass is 273 g/mol. The zero-order valence-corrected chi connectivity index (χ0v) is 8.99. The lowest BCUT2D eigenvalue weighted by molar-refractivity contribution is -0.174. The fraction of sp³-hybridized carbons (Fsp3) is 0.875. The van der Waals surface area contributed by atoms with Crippen molar-refractivity contribution >= 4 is 21.8 Å². The lowest BCUT2D eigenvalue weighted by Crippen LogP contribution is -2.47. The van der Waals surface area contributed by atoms with Crippen molar-refractivity contribution < 1.29 is 18.0 Å². The molecule has 0 aromatic rings. The van der Waals surface area contributed by atoms with Crippen molar-refractivity contribution in [2.45, 2.75) is 42.7 Å². The van der Waals surface area contributed by atoms with E-state index in [-0.39, 0.29) is 4.83 Å². The molecule has 0 saturated heterocycles. The highest BCUT2D eigenvalue weighted by atomic mass is 79.9. The van der Waals surface area contributed by atoms with Gasteiger partial charge in [-0.25, -0.2) is 0 Å². The van der Waals surface area contributed by atoms with Gasteiger partial charge in [0.2, 0.25) is 0 Å². The Labute approximate surface area is 88.4 Å². The standard InChI is InChI=1S/C8H11BrF3NO/c9-5-3-1-2-4-6(5)13-7(14)8(10,11)12/h5-6H,1-4H2,(H,13,14). The second-order valence-corrected chi connectivity index (χ2v) is 4.55. The third-order valence-electron chi connectivity index (χ3n) is 2.26. The summed E-state index contributed by atoms with van der Waals surface area (Å²) in [7, 11) is 0. The molecule has 2 atom stereocenters. The van der Waals surface area contributed by atoms with E-state index in [9.17, 15) is 18.0 Å². The van der Waals surface area contributed by atoms with Gasteiger partial charge in [0.1, 0.15) is 0 Å². The Bertz CT molecular complexity index is 219. The van der Waals surface area contributed by atoms with Gasteiger partial charge in [-0.3, -0.25) is 4.79 Å². The number of hydrogen-bond donors (Lipinski definition) is 1. The molecule has 2 nitrogen and oxygen atoms in total. The Morgan fingerprint density at radius 2 is 1.86 bits per heavy atom. The fourth-order valence-electron chi connectivity index (χ4n) is 1.50. The molecule has 2 unspecified atom stereocenters. The van der Waals surface area contributed by atoms with Gasteiger partial charge in [-0.2, -0.15) is 13.2 Å². The Kier molecular flexibility index (Phi) is 3.80. The van der Waals surface area contributed by atoms with Gasteiger partial charge in [0.25, 0.3) is 0 Å². The molecule has 0 aliphatic heterocycles. The number of hydrogen-bond acceptors (Lipinski definition) is 1. The van der Waals surface area contributed by atoms with E-state index in [4.69, 9.17) is 0 Å². The summed E-state index contributed by atoms with van der Waals surface area (Å²) < 4.78 is 35.7. The van der Waals surface area contributed by atoms with Crippen molar-refractivity contribution in [3.63, 3.8) is 0 Å². The van der Waals surface area contributed by atoms with E-state index in [0.717, 1.165) is 19.3 Å². The molecule has 1 saturated carbocycles. The molecule has 1 aliphatic rings. The minimum atomic E-state index is -4.77. The first-order valence-electron chi connectivity index (χ1n) is 4.43. The van der Waals surface area contributed by atoms with Crippen LogP contribution in [0, 0.1) is 0 Å². The maximum Gasteiger partial charge on any atom is 0.471 e. The molecular weight excluding hydrogens is 263 g/mol. The van der Waals surface area contributed by atoms with Crippen LogP contribution in [0.4, 0.5) is 13.2 Å². The van der Waals surface area contributed by atoms with Gasteiger partial charge in [-0.15, -0.1) is 0 Å². The first kappa shape index (κ1) is 11.8. The first-order valence-corrected chi connectivity index (χ1v) is 5.34. The Morgan fingerprint density at radius 3 is 2.36 bits per heavy atom. The zero-order valence-electron chi connectivity index (χ0n) is 7.40. The maximum absolute atomic E-state index is 11.9. The van der Waals surface area contributed by atoms with Gasteiger partial charge in [-0.1, -0.05) is 28.8 Å². The molecule has 0 aromatic heterocycles. The van der Waals surface area contributed by atoms with Crippen LogP contribution in [0.5, 0.6) is 0 Å². The van der Waals surface area contributed by atoms with Crippen molar-refractivity contribution in [2.75, 3.05) is 0 Å². The first-order chi connectivity index (χ1) is 6.41. The number of carbonyl (C=O) groups excluding carboxylic acids is 1. The molecule has 1 rings (SSSR count). The van der Waals surface area contributed by atoms with Gasteiger partial charge in [0.15, 0.2) is 0 Å². The third-order valence-corrected chi connectivity index (χ3v) is 3.35. The summed E-state index contributed by atoms with van der Waals surface area (Å²) in [6, 6.07) is -0.391. The molecule has 1 amide bonds. The lowest BCUT2D eigenvalue weighted by atomic mass is 9.95. The smallest absolute Gasteiger partial charge is 0.344 e. The molecule has 1 N–H and O–H groups in total. The number of alkyl halides is 4. The Morgan fingerprint density at radius 1 is 1.29 bits per heavy atom. The number of amides is 1. The molecule has 1 aliphatic carbocycles. The molecule has 82 valence electrons. The third kappa shape index (κ3) is 3.15. The molecule has 0 radical (unpaired) electrons. The van der Waals surface area contributed by atoms with Crippen LogP contribution >= 0.6 is 15.9 Å². The van der Waals surface area contributed by atoms with Crippen LogP contribution < -0.4 is 5.32 Å². The highest BCUT2D eigenvalue weighted by molar-refractivity contribution is 9.09. The number of nitrogens with one attached hydrogen (secondary N) is 1. The van der Waals surface area contributed by atoms with E-state index in [0.29, 0.717) is 6.42 Å². The van der Waals surface area contributed by atoms with Crippen LogP contribution in [0.2, 0.25) is 0 Å². The summed E-state index contributed by atoms with van der Waals surface area (Å²) in [6.45, 7) is 0. The number of carbonyl (C=O) groups is 1. The molecule has 14 heavy (non-hydrogen) atoms. The molecule has 0 aromatic carbocycles. The summed E-state index contributed by atoms with van der Waals surface area (Å²) in [4.78, 5) is 10.6. The normalized spacial score (nSPS) is 28.6. The summed E-state index contributed by atoms with van der Waals surface area (Å²) in [5.74, 6) is -1.84. The van der Waals surface area contributed by atoms with Crippen LogP contribution in [-0.4, -0.2) is 23.0 Å². The summed E-state index contributed by atoms with van der Waals surface area (Å²) in [5.41, 5.74) is 0. The molecule has 1 fully saturated rings. The van der Waals surface area contributed by atoms with Gasteiger partial charge >= 0.3 is 12.1 Å². The van der Waals surface area contributed by atoms with Crippen LogP contribution in [0.15, 0.2) is 0 Å². The summed E-state index contributed by atoms with van der Waals surface area (Å²) in [5, 5.41) is 2.00. The molecule has 6 heteroatoms. The average molecular weight is 274 g/mol. The van der Waals surface area contributed by atoms with Crippen LogP contribution in [-0.2, 0) is 4.79 Å². The second-order valence-electron chi connectivity index (χ2n) is 3.38. The minimum absolute atomic E-state index is 0.0393. The second kappa shape index (κ2) is 4.51. The zero-order chi connectivity index (χ0) is 10.8. The molecule has 0 heterocycles. The molecular formula is C8H11BrF3NO. The highest BCUT2D eigenvalue weighted by Crippen LogP contribution is 2.25. The minimum Gasteiger partial charge on any atom is -0.344 e. The lowest BCUT2D eigenvalue weighted by Gasteiger charge is -2.28. The van der Waals surface area contributed by atoms with Crippen molar-refractivity contribution in [2.24, 2.45) is 0 Å². The topological polar surface area (TPSA) is 29.1 Å². The maximum atomic E-state index is 11.9.